The fourth-order valence-electron chi connectivity index (χ4n) is 6.75. The highest BCUT2D eigenvalue weighted by molar-refractivity contribution is 6.31. The van der Waals surface area contributed by atoms with Crippen molar-refractivity contribution in [3.8, 4) is 11.1 Å². The van der Waals surface area contributed by atoms with E-state index < -0.39 is 35.6 Å². The van der Waals surface area contributed by atoms with Crippen molar-refractivity contribution in [3.05, 3.63) is 64.9 Å². The molecule has 2 aromatic carbocycles. The van der Waals surface area contributed by atoms with Crippen LogP contribution in [0.4, 0.5) is 28.9 Å². The number of rotatable bonds is 8. The van der Waals surface area contributed by atoms with Gasteiger partial charge in [-0.3, -0.25) is 9.58 Å². The summed E-state index contributed by atoms with van der Waals surface area (Å²) in [6, 6.07) is 13.5. The molecule has 0 bridgehead atoms. The summed E-state index contributed by atoms with van der Waals surface area (Å²) >= 11 is 6.42. The Bertz CT molecular complexity index is 1450. The predicted octanol–water partition coefficient (Wildman–Crippen LogP) is 6.85. The molecular formula is C31H34ClF4N5O2. The number of halogens is 5. The predicted molar refractivity (Wildman–Crippen MR) is 158 cm³/mol. The van der Waals surface area contributed by atoms with Crippen LogP contribution in [0, 0.1) is 5.92 Å². The lowest BCUT2D eigenvalue weighted by molar-refractivity contribution is -0.116. The monoisotopic (exact) mass is 619 g/mol. The molecule has 3 aromatic rings. The maximum absolute atomic E-state index is 13.9. The van der Waals surface area contributed by atoms with Gasteiger partial charge in [0.05, 0.1) is 12.2 Å². The van der Waals surface area contributed by atoms with E-state index in [9.17, 15) is 27.5 Å². The maximum Gasteiger partial charge on any atom is 0.339 e. The molecular weight excluding hydrogens is 586 g/mol. The average molecular weight is 620 g/mol. The van der Waals surface area contributed by atoms with Crippen LogP contribution in [0.2, 0.25) is 5.02 Å². The van der Waals surface area contributed by atoms with Gasteiger partial charge in [0.2, 0.25) is 5.92 Å². The average Bonchev–Trinajstić information content (AvgIpc) is 3.43. The molecule has 1 N–H and O–H groups in total. The number of hydrogen-bond donors (Lipinski definition) is 1. The second-order valence-corrected chi connectivity index (χ2v) is 12.3. The zero-order valence-electron chi connectivity index (χ0n) is 23.6. The van der Waals surface area contributed by atoms with Gasteiger partial charge in [-0.2, -0.15) is 5.10 Å². The summed E-state index contributed by atoms with van der Waals surface area (Å²) in [4.78, 5) is 18.2. The van der Waals surface area contributed by atoms with Crippen molar-refractivity contribution in [2.24, 2.45) is 5.92 Å². The Hall–Kier alpha value is -3.31. The first-order valence-corrected chi connectivity index (χ1v) is 15.0. The number of piperazine rings is 1. The highest BCUT2D eigenvalue weighted by Gasteiger charge is 2.45. The van der Waals surface area contributed by atoms with Crippen LogP contribution >= 0.6 is 11.6 Å². The molecule has 1 unspecified atom stereocenters. The maximum atomic E-state index is 13.9. The van der Waals surface area contributed by atoms with E-state index >= 15 is 0 Å². The second kappa shape index (κ2) is 12.0. The van der Waals surface area contributed by atoms with Gasteiger partial charge < -0.3 is 14.9 Å². The third-order valence-electron chi connectivity index (χ3n) is 8.92. The standard InChI is InChI=1S/C31H34ClF4N5O2/c32-22-5-8-25(21-3-6-23(7-4-21)39-12-10-38(11-13-39)18-20-15-31(35,36)16-20)27(14-22)40-9-1-2-24(19-40)41-28(29(33)34)26(17-37-41)30(42)43/h3-8,14,17,20,24,29H,1-2,9-13,15-16,18-19H2,(H,42,43). The topological polar surface area (TPSA) is 64.8 Å². The molecule has 230 valence electrons. The van der Waals surface area contributed by atoms with Crippen LogP contribution in [-0.4, -0.2) is 77.5 Å². The fourth-order valence-corrected chi connectivity index (χ4v) is 6.91. The van der Waals surface area contributed by atoms with Gasteiger partial charge in [-0.05, 0) is 48.6 Å². The van der Waals surface area contributed by atoms with Gasteiger partial charge in [-0.25, -0.2) is 22.4 Å². The van der Waals surface area contributed by atoms with Gasteiger partial charge in [-0.1, -0.05) is 29.8 Å². The summed E-state index contributed by atoms with van der Waals surface area (Å²) in [6.45, 7) is 5.18. The summed E-state index contributed by atoms with van der Waals surface area (Å²) in [5, 5.41) is 14.0. The second-order valence-electron chi connectivity index (χ2n) is 11.9. The lowest BCUT2D eigenvalue weighted by atomic mass is 9.81. The number of nitrogens with zero attached hydrogens (tertiary/aromatic N) is 5. The Labute approximate surface area is 252 Å². The number of piperidine rings is 1. The van der Waals surface area contributed by atoms with Crippen LogP contribution < -0.4 is 9.80 Å². The molecule has 0 radical (unpaired) electrons. The lowest BCUT2D eigenvalue weighted by Gasteiger charge is -2.41. The Morgan fingerprint density at radius 1 is 1.02 bits per heavy atom. The molecule has 7 nitrogen and oxygen atoms in total. The summed E-state index contributed by atoms with van der Waals surface area (Å²) in [5.74, 6) is -3.80. The van der Waals surface area contributed by atoms with Crippen molar-refractivity contribution >= 4 is 28.9 Å². The summed E-state index contributed by atoms with van der Waals surface area (Å²) < 4.78 is 55.4. The molecule has 1 saturated carbocycles. The molecule has 12 heteroatoms. The van der Waals surface area contributed by atoms with Gasteiger partial charge >= 0.3 is 5.97 Å². The van der Waals surface area contributed by atoms with Crippen LogP contribution in [0.5, 0.6) is 0 Å². The van der Waals surface area contributed by atoms with Gasteiger partial charge in [0, 0.05) is 80.6 Å². The van der Waals surface area contributed by atoms with E-state index in [1.165, 1.54) is 4.68 Å². The third-order valence-corrected chi connectivity index (χ3v) is 9.16. The van der Waals surface area contributed by atoms with Gasteiger partial charge in [0.25, 0.3) is 6.43 Å². The summed E-state index contributed by atoms with van der Waals surface area (Å²) in [5.41, 5.74) is 2.89. The van der Waals surface area contributed by atoms with E-state index in [1.54, 1.807) is 0 Å². The van der Waals surface area contributed by atoms with Crippen molar-refractivity contribution in [1.82, 2.24) is 14.7 Å². The molecule has 1 aliphatic carbocycles. The number of aromatic nitrogens is 2. The molecule has 43 heavy (non-hydrogen) atoms. The number of aromatic carboxylic acids is 1. The van der Waals surface area contributed by atoms with Crippen molar-refractivity contribution in [1.29, 1.82) is 0 Å². The minimum absolute atomic E-state index is 0.00504. The SMILES string of the molecule is O=C(O)c1cnn(C2CCCN(c3cc(Cl)ccc3-c3ccc(N4CCN(CC5CC(F)(F)C5)CC4)cc3)C2)c1C(F)F. The molecule has 0 amide bonds. The summed E-state index contributed by atoms with van der Waals surface area (Å²) in [7, 11) is 0. The van der Waals surface area contributed by atoms with Crippen molar-refractivity contribution in [2.45, 2.75) is 44.1 Å². The number of carboxylic acids is 1. The van der Waals surface area contributed by atoms with Crippen molar-refractivity contribution in [3.63, 3.8) is 0 Å². The highest BCUT2D eigenvalue weighted by Crippen LogP contribution is 2.43. The molecule has 2 aliphatic heterocycles. The van der Waals surface area contributed by atoms with E-state index in [0.717, 1.165) is 67.8 Å². The number of benzene rings is 2. The quantitative estimate of drug-likeness (QED) is 0.278. The molecule has 3 aliphatic rings. The summed E-state index contributed by atoms with van der Waals surface area (Å²) in [6.07, 6.45) is -0.624. The largest absolute Gasteiger partial charge is 0.478 e. The third kappa shape index (κ3) is 6.33. The first-order valence-electron chi connectivity index (χ1n) is 14.7. The van der Waals surface area contributed by atoms with Crippen LogP contribution in [0.25, 0.3) is 11.1 Å². The normalized spacial score (nSPS) is 21.3. The molecule has 3 heterocycles. The number of hydrogen-bond acceptors (Lipinski definition) is 5. The van der Waals surface area contributed by atoms with Crippen molar-refractivity contribution < 1.29 is 27.5 Å². The van der Waals surface area contributed by atoms with Crippen LogP contribution in [0.3, 0.4) is 0 Å². The molecule has 2 saturated heterocycles. The first kappa shape index (κ1) is 29.7. The highest BCUT2D eigenvalue weighted by atomic mass is 35.5. The number of carbonyl (C=O) groups is 1. The minimum atomic E-state index is -2.96. The Balaban J connectivity index is 1.16. The smallest absolute Gasteiger partial charge is 0.339 e. The van der Waals surface area contributed by atoms with Gasteiger partial charge in [-0.15, -0.1) is 0 Å². The Morgan fingerprint density at radius 3 is 2.40 bits per heavy atom. The van der Waals surface area contributed by atoms with Gasteiger partial charge in [0.15, 0.2) is 0 Å². The molecule has 0 spiro atoms. The minimum Gasteiger partial charge on any atom is -0.478 e. The molecule has 1 aromatic heterocycles. The molecule has 3 fully saturated rings. The van der Waals surface area contributed by atoms with E-state index in [-0.39, 0.29) is 18.8 Å². The van der Waals surface area contributed by atoms with Gasteiger partial charge in [0.1, 0.15) is 11.3 Å². The van der Waals surface area contributed by atoms with Crippen molar-refractivity contribution in [2.75, 3.05) is 55.6 Å². The van der Waals surface area contributed by atoms with E-state index in [1.807, 2.05) is 18.2 Å². The van der Waals surface area contributed by atoms with Crippen LogP contribution in [0.15, 0.2) is 48.7 Å². The van der Waals surface area contributed by atoms with Crippen LogP contribution in [-0.2, 0) is 0 Å². The first-order chi connectivity index (χ1) is 20.6. The number of carboxylic acid groups (broad SMARTS) is 1. The Kier molecular flexibility index (Phi) is 8.30. The lowest BCUT2D eigenvalue weighted by Crippen LogP contribution is -2.50. The zero-order valence-corrected chi connectivity index (χ0v) is 24.4. The number of anilines is 2. The fraction of sp³-hybridized carbons (Fsp3) is 0.484. The Morgan fingerprint density at radius 2 is 1.74 bits per heavy atom. The molecule has 1 atom stereocenters. The van der Waals surface area contributed by atoms with Crippen LogP contribution in [0.1, 0.15) is 54.2 Å². The van der Waals surface area contributed by atoms with E-state index in [4.69, 9.17) is 11.6 Å². The van der Waals surface area contributed by atoms with E-state index in [2.05, 4.69) is 44.1 Å². The molecule has 6 rings (SSSR count). The zero-order chi connectivity index (χ0) is 30.3. The van der Waals surface area contributed by atoms with E-state index in [0.29, 0.717) is 24.5 Å². The number of alkyl halides is 4.